The number of nitrogens with zero attached hydrogens (tertiary/aromatic N) is 2. The van der Waals surface area contributed by atoms with Crippen molar-refractivity contribution in [3.05, 3.63) is 59.9 Å². The summed E-state index contributed by atoms with van der Waals surface area (Å²) in [5, 5.41) is 2.94. The van der Waals surface area contributed by atoms with Crippen LogP contribution >= 0.6 is 0 Å². The number of amides is 1. The van der Waals surface area contributed by atoms with Crippen LogP contribution in [-0.2, 0) is 6.54 Å². The number of carbonyl (C=O) groups is 1. The number of aromatic nitrogens is 1. The van der Waals surface area contributed by atoms with Crippen molar-refractivity contribution in [1.29, 1.82) is 0 Å². The Morgan fingerprint density at radius 2 is 1.60 bits per heavy atom. The molecule has 1 aromatic heterocycles. The Labute approximate surface area is 179 Å². The zero-order chi connectivity index (χ0) is 20.6. The molecule has 1 N–H and O–H groups in total. The summed E-state index contributed by atoms with van der Waals surface area (Å²) in [4.78, 5) is 19.0. The van der Waals surface area contributed by atoms with Gasteiger partial charge in [0.25, 0.3) is 5.91 Å². The van der Waals surface area contributed by atoms with Gasteiger partial charge in [-0.15, -0.1) is 0 Å². The average molecular weight is 408 g/mol. The van der Waals surface area contributed by atoms with Crippen molar-refractivity contribution in [2.75, 3.05) is 13.1 Å². The molecule has 1 saturated carbocycles. The van der Waals surface area contributed by atoms with Crippen LogP contribution in [0, 0.1) is 0 Å². The first-order valence-corrected chi connectivity index (χ1v) is 11.5. The molecule has 2 heterocycles. The van der Waals surface area contributed by atoms with Gasteiger partial charge in [0.05, 0.1) is 0 Å². The Kier molecular flexibility index (Phi) is 7.35. The van der Waals surface area contributed by atoms with Crippen molar-refractivity contribution in [1.82, 2.24) is 15.2 Å². The van der Waals surface area contributed by atoms with E-state index in [0.29, 0.717) is 12.1 Å². The van der Waals surface area contributed by atoms with Gasteiger partial charge in [0, 0.05) is 43.6 Å². The summed E-state index contributed by atoms with van der Waals surface area (Å²) in [5.41, 5.74) is 1.69. The van der Waals surface area contributed by atoms with E-state index in [0.717, 1.165) is 43.3 Å². The van der Waals surface area contributed by atoms with Gasteiger partial charge in [-0.05, 0) is 67.6 Å². The summed E-state index contributed by atoms with van der Waals surface area (Å²) < 4.78 is 6.21. The van der Waals surface area contributed by atoms with Crippen molar-refractivity contribution in [2.45, 2.75) is 70.1 Å². The summed E-state index contributed by atoms with van der Waals surface area (Å²) in [7, 11) is 0. The molecule has 1 amide bonds. The van der Waals surface area contributed by atoms with E-state index in [1.807, 2.05) is 36.4 Å². The number of piperidine rings is 1. The summed E-state index contributed by atoms with van der Waals surface area (Å²) in [6.07, 6.45) is 14.3. The van der Waals surface area contributed by atoms with E-state index in [-0.39, 0.29) is 12.0 Å². The number of likely N-dealkylation sites (tertiary alicyclic amines) is 1. The smallest absolute Gasteiger partial charge is 0.251 e. The van der Waals surface area contributed by atoms with Crippen LogP contribution in [0.2, 0.25) is 0 Å². The second-order valence-corrected chi connectivity index (χ2v) is 8.56. The first-order valence-electron chi connectivity index (χ1n) is 11.5. The molecule has 0 spiro atoms. The Morgan fingerprint density at radius 1 is 0.933 bits per heavy atom. The molecule has 0 atom stereocenters. The lowest BCUT2D eigenvalue weighted by Crippen LogP contribution is -2.44. The Hall–Kier alpha value is -2.40. The molecule has 1 saturated heterocycles. The van der Waals surface area contributed by atoms with Crippen molar-refractivity contribution in [3.63, 3.8) is 0 Å². The van der Waals surface area contributed by atoms with Crippen LogP contribution in [-0.4, -0.2) is 41.0 Å². The van der Waals surface area contributed by atoms with E-state index < -0.39 is 0 Å². The van der Waals surface area contributed by atoms with E-state index in [2.05, 4.69) is 15.2 Å². The maximum Gasteiger partial charge on any atom is 0.251 e. The van der Waals surface area contributed by atoms with Crippen LogP contribution in [0.15, 0.2) is 48.8 Å². The van der Waals surface area contributed by atoms with Crippen LogP contribution in [0.1, 0.15) is 67.3 Å². The normalized spacial score (nSPS) is 19.2. The minimum Gasteiger partial charge on any atom is -0.490 e. The third kappa shape index (κ3) is 5.82. The molecule has 0 bridgehead atoms. The summed E-state index contributed by atoms with van der Waals surface area (Å²) in [6.45, 7) is 2.79. The molecule has 5 heteroatoms. The average Bonchev–Trinajstić information content (AvgIpc) is 3.09. The minimum atomic E-state index is -0.0740. The van der Waals surface area contributed by atoms with Crippen LogP contribution in [0.5, 0.6) is 5.75 Å². The molecule has 1 aliphatic heterocycles. The highest BCUT2D eigenvalue weighted by molar-refractivity contribution is 5.94. The molecule has 160 valence electrons. The van der Waals surface area contributed by atoms with Gasteiger partial charge in [0.2, 0.25) is 0 Å². The summed E-state index contributed by atoms with van der Waals surface area (Å²) >= 11 is 0. The van der Waals surface area contributed by atoms with E-state index in [1.54, 1.807) is 12.4 Å². The lowest BCUT2D eigenvalue weighted by Gasteiger charge is -2.37. The lowest BCUT2D eigenvalue weighted by molar-refractivity contribution is 0.0704. The predicted molar refractivity (Wildman–Crippen MR) is 119 cm³/mol. The summed E-state index contributed by atoms with van der Waals surface area (Å²) in [6, 6.07) is 12.1. The molecular weight excluding hydrogens is 374 g/mol. The number of nitrogens with one attached hydrogen (secondary N) is 1. The maximum absolute atomic E-state index is 12.4. The van der Waals surface area contributed by atoms with Crippen LogP contribution in [0.3, 0.4) is 0 Å². The number of carbonyl (C=O) groups excluding carboxylic acids is 1. The quantitative estimate of drug-likeness (QED) is 0.712. The van der Waals surface area contributed by atoms with Gasteiger partial charge in [-0.25, -0.2) is 0 Å². The van der Waals surface area contributed by atoms with Crippen LogP contribution in [0.4, 0.5) is 0 Å². The minimum absolute atomic E-state index is 0.0740. The van der Waals surface area contributed by atoms with Gasteiger partial charge in [0.15, 0.2) is 0 Å². The van der Waals surface area contributed by atoms with Gasteiger partial charge in [0.1, 0.15) is 11.9 Å². The Morgan fingerprint density at radius 3 is 2.27 bits per heavy atom. The molecule has 30 heavy (non-hydrogen) atoms. The zero-order valence-corrected chi connectivity index (χ0v) is 17.8. The van der Waals surface area contributed by atoms with E-state index in [9.17, 15) is 4.79 Å². The van der Waals surface area contributed by atoms with Crippen molar-refractivity contribution in [2.24, 2.45) is 0 Å². The fraction of sp³-hybridized carbons (Fsp3) is 0.520. The molecule has 1 aromatic carbocycles. The molecular formula is C25H33N3O2. The lowest BCUT2D eigenvalue weighted by atomic mass is 10.0. The number of pyridine rings is 1. The second-order valence-electron chi connectivity index (χ2n) is 8.56. The van der Waals surface area contributed by atoms with Gasteiger partial charge in [-0.3, -0.25) is 9.78 Å². The topological polar surface area (TPSA) is 54.5 Å². The molecule has 2 aromatic rings. The Balaban J connectivity index is 1.22. The third-order valence-corrected chi connectivity index (χ3v) is 6.44. The number of benzene rings is 1. The molecule has 2 aliphatic rings. The van der Waals surface area contributed by atoms with Crippen molar-refractivity contribution >= 4 is 5.91 Å². The number of ether oxygens (including phenoxy) is 1. The highest BCUT2D eigenvalue weighted by Crippen LogP contribution is 2.26. The second kappa shape index (κ2) is 10.6. The first kappa shape index (κ1) is 20.9. The summed E-state index contributed by atoms with van der Waals surface area (Å²) in [5.74, 6) is 0.781. The molecule has 5 nitrogen and oxygen atoms in total. The van der Waals surface area contributed by atoms with Gasteiger partial charge >= 0.3 is 0 Å². The predicted octanol–water partition coefficient (Wildman–Crippen LogP) is 4.58. The highest BCUT2D eigenvalue weighted by atomic mass is 16.5. The SMILES string of the molecule is O=C(NCc1ccncc1)c1ccc(OC2CCN(C3CCCCCC3)CC2)cc1. The molecule has 2 fully saturated rings. The molecule has 1 aliphatic carbocycles. The van der Waals surface area contributed by atoms with Crippen molar-refractivity contribution < 1.29 is 9.53 Å². The standard InChI is InChI=1S/C25H33N3O2/c29-25(27-19-20-11-15-26-16-12-20)21-7-9-23(10-8-21)30-24-13-17-28(18-14-24)22-5-3-1-2-4-6-22/h7-12,15-16,22,24H,1-6,13-14,17-19H2,(H,27,29). The van der Waals surface area contributed by atoms with E-state index >= 15 is 0 Å². The number of hydrogen-bond donors (Lipinski definition) is 1. The largest absolute Gasteiger partial charge is 0.490 e. The molecule has 0 unspecified atom stereocenters. The maximum atomic E-state index is 12.4. The molecule has 4 rings (SSSR count). The van der Waals surface area contributed by atoms with Crippen LogP contribution < -0.4 is 10.1 Å². The van der Waals surface area contributed by atoms with Crippen LogP contribution in [0.25, 0.3) is 0 Å². The van der Waals surface area contributed by atoms with Gasteiger partial charge in [-0.2, -0.15) is 0 Å². The monoisotopic (exact) mass is 407 g/mol. The van der Waals surface area contributed by atoms with E-state index in [1.165, 1.54) is 38.5 Å². The highest BCUT2D eigenvalue weighted by Gasteiger charge is 2.26. The number of rotatable bonds is 6. The zero-order valence-electron chi connectivity index (χ0n) is 17.8. The Bertz CT molecular complexity index is 778. The van der Waals surface area contributed by atoms with E-state index in [4.69, 9.17) is 4.74 Å². The van der Waals surface area contributed by atoms with Gasteiger partial charge in [-0.1, -0.05) is 25.7 Å². The first-order chi connectivity index (χ1) is 14.8. The van der Waals surface area contributed by atoms with Gasteiger partial charge < -0.3 is 15.0 Å². The third-order valence-electron chi connectivity index (χ3n) is 6.44. The number of hydrogen-bond acceptors (Lipinski definition) is 4. The fourth-order valence-corrected chi connectivity index (χ4v) is 4.64. The fourth-order valence-electron chi connectivity index (χ4n) is 4.64. The molecule has 0 radical (unpaired) electrons. The van der Waals surface area contributed by atoms with Crippen molar-refractivity contribution in [3.8, 4) is 5.75 Å².